The van der Waals surface area contributed by atoms with Crippen molar-refractivity contribution < 1.29 is 10.0 Å². The molecule has 0 aliphatic carbocycles. The summed E-state index contributed by atoms with van der Waals surface area (Å²) >= 11 is 0. The molecule has 2 rings (SSSR count). The number of likely N-dealkylation sites (N-methyl/N-ethyl adjacent to an activating group) is 1. The molecule has 1 saturated heterocycles. The molecule has 7 heteroatoms. The number of β-amino-alcohol motifs (C(OH)–C–C–N with tert-alkyl or cyclic N) is 1. The molecule has 0 bridgehead atoms. The molecule has 1 heterocycles. The van der Waals surface area contributed by atoms with Gasteiger partial charge >= 0.3 is 5.69 Å². The Balaban J connectivity index is 2.39. The topological polar surface area (TPSA) is 95.9 Å². The average molecular weight is 280 g/mol. The van der Waals surface area contributed by atoms with Gasteiger partial charge in [-0.25, -0.2) is 0 Å². The normalized spacial score (nSPS) is 22.5. The number of rotatable bonds is 4. The fraction of sp³-hybridized carbons (Fsp3) is 0.538. The highest BCUT2D eigenvalue weighted by Gasteiger charge is 2.35. The van der Waals surface area contributed by atoms with E-state index < -0.39 is 11.0 Å². The Bertz CT molecular complexity index is 506. The van der Waals surface area contributed by atoms with E-state index in [-0.39, 0.29) is 17.4 Å². The van der Waals surface area contributed by atoms with E-state index in [0.29, 0.717) is 18.7 Å². The number of nitrogens with two attached hydrogens (primary N) is 1. The maximum atomic E-state index is 11.2. The summed E-state index contributed by atoms with van der Waals surface area (Å²) in [7, 11) is 3.88. The van der Waals surface area contributed by atoms with E-state index in [4.69, 9.17) is 5.73 Å². The van der Waals surface area contributed by atoms with Crippen LogP contribution in [0.5, 0.6) is 0 Å². The van der Waals surface area contributed by atoms with Gasteiger partial charge in [0.25, 0.3) is 0 Å². The molecule has 2 atom stereocenters. The Morgan fingerprint density at radius 1 is 1.55 bits per heavy atom. The van der Waals surface area contributed by atoms with E-state index in [1.165, 1.54) is 6.07 Å². The fourth-order valence-corrected chi connectivity index (χ4v) is 2.76. The number of hydrogen-bond acceptors (Lipinski definition) is 6. The highest BCUT2D eigenvalue weighted by Crippen LogP contribution is 2.37. The molecular formula is C13H20N4O3. The lowest BCUT2D eigenvalue weighted by atomic mass is 10.1. The van der Waals surface area contributed by atoms with Gasteiger partial charge < -0.3 is 20.6 Å². The second kappa shape index (κ2) is 5.64. The summed E-state index contributed by atoms with van der Waals surface area (Å²) in [6.45, 7) is 1.12. The van der Waals surface area contributed by atoms with Gasteiger partial charge in [-0.2, -0.15) is 0 Å². The average Bonchev–Trinajstić information content (AvgIpc) is 2.68. The number of anilines is 2. The third kappa shape index (κ3) is 2.83. The molecule has 7 nitrogen and oxygen atoms in total. The van der Waals surface area contributed by atoms with Crippen molar-refractivity contribution in [3.05, 3.63) is 28.3 Å². The van der Waals surface area contributed by atoms with Crippen LogP contribution in [0.1, 0.15) is 6.42 Å². The van der Waals surface area contributed by atoms with Gasteiger partial charge in [0.1, 0.15) is 11.4 Å². The zero-order valence-electron chi connectivity index (χ0n) is 11.7. The first-order valence-corrected chi connectivity index (χ1v) is 6.52. The van der Waals surface area contributed by atoms with Gasteiger partial charge in [-0.15, -0.1) is 0 Å². The minimum Gasteiger partial charge on any atom is -0.393 e. The van der Waals surface area contributed by atoms with Crippen LogP contribution in [0.2, 0.25) is 0 Å². The van der Waals surface area contributed by atoms with Gasteiger partial charge in [0.2, 0.25) is 0 Å². The van der Waals surface area contributed by atoms with Crippen molar-refractivity contribution >= 4 is 17.1 Å². The van der Waals surface area contributed by atoms with Gasteiger partial charge in [-0.3, -0.25) is 10.1 Å². The first kappa shape index (κ1) is 14.5. The largest absolute Gasteiger partial charge is 0.393 e. The highest BCUT2D eigenvalue weighted by atomic mass is 16.6. The van der Waals surface area contributed by atoms with Gasteiger partial charge in [-0.1, -0.05) is 6.07 Å². The molecule has 1 aromatic rings. The molecule has 1 aromatic carbocycles. The summed E-state index contributed by atoms with van der Waals surface area (Å²) in [5.41, 5.74) is 6.29. The molecule has 2 unspecified atom stereocenters. The minimum atomic E-state index is -0.471. The van der Waals surface area contributed by atoms with Crippen LogP contribution < -0.4 is 10.6 Å². The molecule has 1 fully saturated rings. The van der Waals surface area contributed by atoms with Crippen LogP contribution in [0.3, 0.4) is 0 Å². The molecule has 0 aromatic heterocycles. The smallest absolute Gasteiger partial charge is 0.315 e. The van der Waals surface area contributed by atoms with Crippen molar-refractivity contribution in [1.82, 2.24) is 4.90 Å². The lowest BCUT2D eigenvalue weighted by molar-refractivity contribution is -0.383. The summed E-state index contributed by atoms with van der Waals surface area (Å²) < 4.78 is 0. The van der Waals surface area contributed by atoms with Crippen LogP contribution in [0.15, 0.2) is 18.2 Å². The van der Waals surface area contributed by atoms with Crippen LogP contribution >= 0.6 is 0 Å². The first-order valence-electron chi connectivity index (χ1n) is 6.52. The molecule has 1 aliphatic rings. The number of benzene rings is 1. The number of aliphatic hydroxyl groups is 1. The molecule has 0 amide bonds. The number of hydrogen-bond donors (Lipinski definition) is 2. The van der Waals surface area contributed by atoms with E-state index in [9.17, 15) is 15.2 Å². The lowest BCUT2D eigenvalue weighted by Gasteiger charge is -2.28. The van der Waals surface area contributed by atoms with Crippen LogP contribution in [0.4, 0.5) is 17.1 Å². The number of nitrogen functional groups attached to an aromatic ring is 1. The molecular weight excluding hydrogens is 260 g/mol. The maximum Gasteiger partial charge on any atom is 0.315 e. The molecule has 0 spiro atoms. The number of nitrogens with zero attached hydrogens (tertiary/aromatic N) is 3. The van der Waals surface area contributed by atoms with Crippen molar-refractivity contribution in [2.45, 2.75) is 18.6 Å². The Hall–Kier alpha value is -1.86. The van der Waals surface area contributed by atoms with E-state index in [1.807, 2.05) is 23.9 Å². The zero-order valence-corrected chi connectivity index (χ0v) is 11.7. The van der Waals surface area contributed by atoms with Crippen molar-refractivity contribution in [2.75, 3.05) is 37.8 Å². The molecule has 1 aliphatic heterocycles. The van der Waals surface area contributed by atoms with Gasteiger partial charge in [0.15, 0.2) is 0 Å². The fourth-order valence-electron chi connectivity index (χ4n) is 2.76. The predicted molar refractivity (Wildman–Crippen MR) is 77.8 cm³/mol. The van der Waals surface area contributed by atoms with E-state index in [1.54, 1.807) is 12.1 Å². The predicted octanol–water partition coefficient (Wildman–Crippen LogP) is 0.678. The number of nitro groups is 1. The van der Waals surface area contributed by atoms with Crippen LogP contribution in [0.25, 0.3) is 0 Å². The number of aliphatic hydroxyl groups excluding tert-OH is 1. The maximum absolute atomic E-state index is 11.2. The number of para-hydroxylation sites is 1. The van der Waals surface area contributed by atoms with Gasteiger partial charge in [0.05, 0.1) is 11.0 Å². The summed E-state index contributed by atoms with van der Waals surface area (Å²) in [5, 5.41) is 21.1. The standard InChI is InChI=1S/C13H20N4O3/c1-15(2)7-9-6-10(18)8-16(9)12-5-3-4-11(14)13(12)17(19)20/h3-5,9-10,18H,6-8,14H2,1-2H3. The molecule has 20 heavy (non-hydrogen) atoms. The van der Waals surface area contributed by atoms with Crippen molar-refractivity contribution in [1.29, 1.82) is 0 Å². The first-order chi connectivity index (χ1) is 9.40. The quantitative estimate of drug-likeness (QED) is 0.478. The van der Waals surface area contributed by atoms with Crippen LogP contribution in [-0.4, -0.2) is 54.3 Å². The van der Waals surface area contributed by atoms with Crippen molar-refractivity contribution in [2.24, 2.45) is 0 Å². The second-order valence-corrected chi connectivity index (χ2v) is 5.43. The van der Waals surface area contributed by atoms with E-state index >= 15 is 0 Å². The zero-order chi connectivity index (χ0) is 14.9. The summed E-state index contributed by atoms with van der Waals surface area (Å²) in [4.78, 5) is 14.7. The lowest BCUT2D eigenvalue weighted by Crippen LogP contribution is -2.38. The summed E-state index contributed by atoms with van der Waals surface area (Å²) in [6.07, 6.45) is 0.130. The third-order valence-electron chi connectivity index (χ3n) is 3.51. The molecule has 110 valence electrons. The van der Waals surface area contributed by atoms with Crippen LogP contribution in [-0.2, 0) is 0 Å². The van der Waals surface area contributed by atoms with Crippen molar-refractivity contribution in [3.63, 3.8) is 0 Å². The molecule has 0 radical (unpaired) electrons. The molecule has 0 saturated carbocycles. The Kier molecular flexibility index (Phi) is 4.10. The van der Waals surface area contributed by atoms with Gasteiger partial charge in [-0.05, 0) is 32.6 Å². The Morgan fingerprint density at radius 2 is 2.25 bits per heavy atom. The second-order valence-electron chi connectivity index (χ2n) is 5.43. The minimum absolute atomic E-state index is 0.0421. The Labute approximate surface area is 117 Å². The van der Waals surface area contributed by atoms with Gasteiger partial charge in [0, 0.05) is 19.1 Å². The SMILES string of the molecule is CN(C)CC1CC(O)CN1c1cccc(N)c1[N+](=O)[O-]. The van der Waals surface area contributed by atoms with Crippen LogP contribution in [0, 0.1) is 10.1 Å². The molecule has 3 N–H and O–H groups in total. The van der Waals surface area contributed by atoms with E-state index in [2.05, 4.69) is 0 Å². The monoisotopic (exact) mass is 280 g/mol. The van der Waals surface area contributed by atoms with E-state index in [0.717, 1.165) is 6.54 Å². The Morgan fingerprint density at radius 3 is 2.85 bits per heavy atom. The van der Waals surface area contributed by atoms with Crippen molar-refractivity contribution in [3.8, 4) is 0 Å². The summed E-state index contributed by atoms with van der Waals surface area (Å²) in [6, 6.07) is 4.96. The summed E-state index contributed by atoms with van der Waals surface area (Å²) in [5.74, 6) is 0. The highest BCUT2D eigenvalue weighted by molar-refractivity contribution is 5.76. The third-order valence-corrected chi connectivity index (χ3v) is 3.51. The number of nitro benzene ring substituents is 1.